The molecular formula is C8H9N3O. The van der Waals surface area contributed by atoms with Crippen LogP contribution in [0, 0.1) is 6.92 Å². The minimum Gasteiger partial charge on any atom is -0.466 e. The molecule has 0 aromatic carbocycles. The molecule has 0 unspecified atom stereocenters. The molecule has 0 N–H and O–H groups in total. The molecule has 2 aromatic rings. The van der Waals surface area contributed by atoms with Gasteiger partial charge in [0.05, 0.1) is 7.11 Å². The zero-order valence-electron chi connectivity index (χ0n) is 6.98. The minimum atomic E-state index is 0.403. The van der Waals surface area contributed by atoms with Crippen LogP contribution in [0.2, 0.25) is 0 Å². The molecule has 12 heavy (non-hydrogen) atoms. The van der Waals surface area contributed by atoms with Gasteiger partial charge in [-0.1, -0.05) is 0 Å². The molecule has 0 aliphatic carbocycles. The van der Waals surface area contributed by atoms with Crippen LogP contribution in [0.1, 0.15) is 5.56 Å². The number of fused-ring (bicyclic) bond motifs is 1. The quantitative estimate of drug-likeness (QED) is 0.630. The number of pyridine rings is 1. The van der Waals surface area contributed by atoms with Gasteiger partial charge in [0.15, 0.2) is 5.65 Å². The van der Waals surface area contributed by atoms with Gasteiger partial charge < -0.3 is 4.74 Å². The van der Waals surface area contributed by atoms with E-state index in [4.69, 9.17) is 4.74 Å². The number of nitrogens with zero attached hydrogens (tertiary/aromatic N) is 3. The highest BCUT2D eigenvalue weighted by atomic mass is 16.5. The Hall–Kier alpha value is -1.58. The Morgan fingerprint density at radius 1 is 1.50 bits per heavy atom. The molecule has 0 bridgehead atoms. The van der Waals surface area contributed by atoms with E-state index in [2.05, 4.69) is 10.1 Å². The molecule has 2 aromatic heterocycles. The summed E-state index contributed by atoms with van der Waals surface area (Å²) < 4.78 is 6.58. The van der Waals surface area contributed by atoms with E-state index in [9.17, 15) is 0 Å². The predicted molar refractivity (Wildman–Crippen MR) is 44.3 cm³/mol. The molecule has 2 heterocycles. The molecule has 0 atom stereocenters. The number of ether oxygens (including phenoxy) is 1. The maximum Gasteiger partial charge on any atom is 0.336 e. The summed E-state index contributed by atoms with van der Waals surface area (Å²) in [6.45, 7) is 2.02. The van der Waals surface area contributed by atoms with Gasteiger partial charge in [0.25, 0.3) is 0 Å². The number of methoxy groups -OCH3 is 1. The monoisotopic (exact) mass is 163 g/mol. The lowest BCUT2D eigenvalue weighted by molar-refractivity contribution is 0.380. The molecular weight excluding hydrogens is 154 g/mol. The second-order valence-corrected chi connectivity index (χ2v) is 2.61. The summed E-state index contributed by atoms with van der Waals surface area (Å²) in [7, 11) is 1.56. The van der Waals surface area contributed by atoms with E-state index in [0.717, 1.165) is 11.2 Å². The smallest absolute Gasteiger partial charge is 0.336 e. The third kappa shape index (κ3) is 1.01. The maximum atomic E-state index is 4.90. The normalized spacial score (nSPS) is 10.5. The van der Waals surface area contributed by atoms with Crippen molar-refractivity contribution in [2.45, 2.75) is 6.92 Å². The lowest BCUT2D eigenvalue weighted by atomic mass is 10.3. The fourth-order valence-electron chi connectivity index (χ4n) is 1.05. The maximum absolute atomic E-state index is 4.90. The van der Waals surface area contributed by atoms with E-state index in [-0.39, 0.29) is 0 Å². The summed E-state index contributed by atoms with van der Waals surface area (Å²) >= 11 is 0. The van der Waals surface area contributed by atoms with Gasteiger partial charge in [0.2, 0.25) is 0 Å². The van der Waals surface area contributed by atoms with Crippen molar-refractivity contribution < 1.29 is 4.74 Å². The van der Waals surface area contributed by atoms with E-state index in [0.29, 0.717) is 6.01 Å². The van der Waals surface area contributed by atoms with E-state index in [1.807, 2.05) is 25.3 Å². The van der Waals surface area contributed by atoms with Crippen LogP contribution in [0.15, 0.2) is 18.3 Å². The third-order valence-electron chi connectivity index (χ3n) is 1.66. The number of aromatic nitrogens is 3. The van der Waals surface area contributed by atoms with Gasteiger partial charge in [-0.05, 0) is 24.6 Å². The third-order valence-corrected chi connectivity index (χ3v) is 1.66. The van der Waals surface area contributed by atoms with Gasteiger partial charge in [-0.15, -0.1) is 5.10 Å². The first-order valence-electron chi connectivity index (χ1n) is 3.66. The zero-order chi connectivity index (χ0) is 8.55. The Labute approximate surface area is 69.8 Å². The molecule has 0 saturated carbocycles. The van der Waals surface area contributed by atoms with Crippen molar-refractivity contribution in [3.05, 3.63) is 23.9 Å². The van der Waals surface area contributed by atoms with Gasteiger partial charge in [0.1, 0.15) is 0 Å². The van der Waals surface area contributed by atoms with E-state index in [1.165, 1.54) is 0 Å². The summed E-state index contributed by atoms with van der Waals surface area (Å²) in [6, 6.07) is 4.33. The first kappa shape index (κ1) is 7.09. The van der Waals surface area contributed by atoms with Crippen LogP contribution < -0.4 is 4.74 Å². The summed E-state index contributed by atoms with van der Waals surface area (Å²) in [4.78, 5) is 4.12. The van der Waals surface area contributed by atoms with Gasteiger partial charge >= 0.3 is 6.01 Å². The van der Waals surface area contributed by atoms with Crippen molar-refractivity contribution >= 4 is 5.65 Å². The van der Waals surface area contributed by atoms with Crippen molar-refractivity contribution in [1.82, 2.24) is 14.6 Å². The molecule has 62 valence electrons. The number of hydrogen-bond donors (Lipinski definition) is 0. The predicted octanol–water partition coefficient (Wildman–Crippen LogP) is 1.05. The lowest BCUT2D eigenvalue weighted by Gasteiger charge is -1.90. The van der Waals surface area contributed by atoms with Crippen LogP contribution in [-0.4, -0.2) is 21.7 Å². The van der Waals surface area contributed by atoms with Gasteiger partial charge in [-0.3, -0.25) is 0 Å². The van der Waals surface area contributed by atoms with Crippen molar-refractivity contribution in [1.29, 1.82) is 0 Å². The SMILES string of the molecule is COc1nc2cc(C)ccn2n1. The second-order valence-electron chi connectivity index (χ2n) is 2.61. The van der Waals surface area contributed by atoms with E-state index in [1.54, 1.807) is 11.6 Å². The molecule has 0 radical (unpaired) electrons. The highest BCUT2D eigenvalue weighted by Gasteiger charge is 2.01. The van der Waals surface area contributed by atoms with Crippen LogP contribution in [0.25, 0.3) is 5.65 Å². The minimum absolute atomic E-state index is 0.403. The zero-order valence-corrected chi connectivity index (χ0v) is 6.98. The van der Waals surface area contributed by atoms with E-state index >= 15 is 0 Å². The van der Waals surface area contributed by atoms with Crippen LogP contribution in [0.3, 0.4) is 0 Å². The number of aryl methyl sites for hydroxylation is 1. The lowest BCUT2D eigenvalue weighted by Crippen LogP contribution is -1.87. The Morgan fingerprint density at radius 2 is 2.33 bits per heavy atom. The average Bonchev–Trinajstić information content (AvgIpc) is 2.46. The molecule has 0 aliphatic rings. The second kappa shape index (κ2) is 2.48. The molecule has 4 heteroatoms. The first-order valence-corrected chi connectivity index (χ1v) is 3.66. The highest BCUT2D eigenvalue weighted by molar-refractivity contribution is 5.40. The summed E-state index contributed by atoms with van der Waals surface area (Å²) in [5.74, 6) is 0. The van der Waals surface area contributed by atoms with Crippen LogP contribution in [0.5, 0.6) is 6.01 Å². The molecule has 0 fully saturated rings. The molecule has 4 nitrogen and oxygen atoms in total. The van der Waals surface area contributed by atoms with Gasteiger partial charge in [0, 0.05) is 6.20 Å². The highest BCUT2D eigenvalue weighted by Crippen LogP contribution is 2.07. The van der Waals surface area contributed by atoms with Crippen LogP contribution in [-0.2, 0) is 0 Å². The summed E-state index contributed by atoms with van der Waals surface area (Å²) in [6.07, 6.45) is 1.86. The number of hydrogen-bond acceptors (Lipinski definition) is 3. The Bertz CT molecular complexity index is 408. The Balaban J connectivity index is 2.67. The molecule has 2 rings (SSSR count). The fraction of sp³-hybridized carbons (Fsp3) is 0.250. The van der Waals surface area contributed by atoms with Crippen molar-refractivity contribution in [2.24, 2.45) is 0 Å². The molecule has 0 amide bonds. The standard InChI is InChI=1S/C8H9N3O/c1-6-3-4-11-7(5-6)9-8(10-11)12-2/h3-5H,1-2H3. The summed E-state index contributed by atoms with van der Waals surface area (Å²) in [5.41, 5.74) is 1.98. The summed E-state index contributed by atoms with van der Waals surface area (Å²) in [5, 5.41) is 4.06. The largest absolute Gasteiger partial charge is 0.466 e. The number of rotatable bonds is 1. The molecule has 0 aliphatic heterocycles. The van der Waals surface area contributed by atoms with Gasteiger partial charge in [-0.2, -0.15) is 4.98 Å². The van der Waals surface area contributed by atoms with Crippen molar-refractivity contribution in [2.75, 3.05) is 7.11 Å². The fourth-order valence-corrected chi connectivity index (χ4v) is 1.05. The Morgan fingerprint density at radius 3 is 3.08 bits per heavy atom. The Kier molecular flexibility index (Phi) is 1.46. The van der Waals surface area contributed by atoms with Crippen LogP contribution in [0.4, 0.5) is 0 Å². The van der Waals surface area contributed by atoms with Crippen molar-refractivity contribution in [3.63, 3.8) is 0 Å². The van der Waals surface area contributed by atoms with Gasteiger partial charge in [-0.25, -0.2) is 4.52 Å². The molecule has 0 saturated heterocycles. The van der Waals surface area contributed by atoms with Crippen molar-refractivity contribution in [3.8, 4) is 6.01 Å². The first-order chi connectivity index (χ1) is 5.79. The average molecular weight is 163 g/mol. The topological polar surface area (TPSA) is 39.4 Å². The van der Waals surface area contributed by atoms with E-state index < -0.39 is 0 Å². The molecule has 0 spiro atoms. The van der Waals surface area contributed by atoms with Crippen LogP contribution >= 0.6 is 0 Å².